The van der Waals surface area contributed by atoms with Gasteiger partial charge in [0.1, 0.15) is 0 Å². The average molecular weight is 254 g/mol. The molecule has 2 aliphatic rings. The van der Waals surface area contributed by atoms with Gasteiger partial charge in [-0.05, 0) is 38.1 Å². The Kier molecular flexibility index (Phi) is 4.58. The van der Waals surface area contributed by atoms with E-state index in [1.54, 1.807) is 0 Å². The molecule has 0 bridgehead atoms. The van der Waals surface area contributed by atoms with Crippen LogP contribution in [0.4, 0.5) is 0 Å². The lowest BCUT2D eigenvalue weighted by Gasteiger charge is -2.32. The van der Waals surface area contributed by atoms with Crippen LogP contribution in [0.15, 0.2) is 0 Å². The van der Waals surface area contributed by atoms with E-state index in [0.29, 0.717) is 19.0 Å². The minimum atomic E-state index is -0.758. The average Bonchev–Trinajstić information content (AvgIpc) is 2.81. The maximum atomic E-state index is 12.1. The van der Waals surface area contributed by atoms with E-state index in [1.807, 2.05) is 4.90 Å². The van der Waals surface area contributed by atoms with Gasteiger partial charge in [-0.15, -0.1) is 0 Å². The Hall–Kier alpha value is -1.10. The molecule has 2 aliphatic heterocycles. The van der Waals surface area contributed by atoms with Crippen molar-refractivity contribution in [3.05, 3.63) is 0 Å². The predicted octanol–water partition coefficient (Wildman–Crippen LogP) is 0.842. The molecule has 0 aromatic heterocycles. The van der Waals surface area contributed by atoms with Crippen molar-refractivity contribution < 1.29 is 14.7 Å². The Morgan fingerprint density at radius 2 is 2.06 bits per heavy atom. The minimum Gasteiger partial charge on any atom is -0.481 e. The van der Waals surface area contributed by atoms with Crippen LogP contribution in [0.3, 0.4) is 0 Å². The van der Waals surface area contributed by atoms with Gasteiger partial charge in [0.15, 0.2) is 0 Å². The number of carboxylic acids is 1. The van der Waals surface area contributed by atoms with Gasteiger partial charge in [-0.25, -0.2) is 0 Å². The minimum absolute atomic E-state index is 0.136. The molecule has 2 saturated heterocycles. The fourth-order valence-electron chi connectivity index (χ4n) is 2.98. The quantitative estimate of drug-likeness (QED) is 0.780. The Balaban J connectivity index is 1.79. The van der Waals surface area contributed by atoms with E-state index in [1.165, 1.54) is 0 Å². The first-order chi connectivity index (χ1) is 8.65. The second-order valence-electron chi connectivity index (χ2n) is 5.44. The van der Waals surface area contributed by atoms with Crippen molar-refractivity contribution in [1.82, 2.24) is 10.2 Å². The molecule has 2 fully saturated rings. The van der Waals surface area contributed by atoms with Crippen LogP contribution in [-0.4, -0.2) is 47.6 Å². The number of rotatable bonds is 4. The Labute approximate surface area is 108 Å². The number of amides is 1. The second-order valence-corrected chi connectivity index (χ2v) is 5.44. The number of hydrogen-bond acceptors (Lipinski definition) is 3. The van der Waals surface area contributed by atoms with Gasteiger partial charge in [0, 0.05) is 32.0 Å². The molecule has 0 radical (unpaired) electrons. The maximum absolute atomic E-state index is 12.1. The summed E-state index contributed by atoms with van der Waals surface area (Å²) in [4.78, 5) is 24.7. The van der Waals surface area contributed by atoms with Crippen LogP contribution in [0.25, 0.3) is 0 Å². The van der Waals surface area contributed by atoms with Crippen LogP contribution in [-0.2, 0) is 9.59 Å². The highest BCUT2D eigenvalue weighted by Crippen LogP contribution is 2.21. The van der Waals surface area contributed by atoms with Crippen LogP contribution in [0.1, 0.15) is 38.5 Å². The van der Waals surface area contributed by atoms with E-state index in [-0.39, 0.29) is 18.2 Å². The monoisotopic (exact) mass is 254 g/mol. The Morgan fingerprint density at radius 3 is 2.72 bits per heavy atom. The van der Waals surface area contributed by atoms with Crippen molar-refractivity contribution >= 4 is 11.9 Å². The Bertz CT molecular complexity index is 313. The summed E-state index contributed by atoms with van der Waals surface area (Å²) in [6.07, 6.45) is 4.85. The summed E-state index contributed by atoms with van der Waals surface area (Å²) >= 11 is 0. The lowest BCUT2D eigenvalue weighted by molar-refractivity contribution is -0.140. The largest absolute Gasteiger partial charge is 0.481 e. The van der Waals surface area contributed by atoms with Crippen LogP contribution in [0.2, 0.25) is 0 Å². The summed E-state index contributed by atoms with van der Waals surface area (Å²) in [5, 5.41) is 12.1. The highest BCUT2D eigenvalue weighted by Gasteiger charge is 2.27. The number of carboxylic acid groups (broad SMARTS) is 1. The van der Waals surface area contributed by atoms with Gasteiger partial charge in [-0.1, -0.05) is 0 Å². The lowest BCUT2D eigenvalue weighted by Crippen LogP contribution is -2.42. The third-order valence-electron chi connectivity index (χ3n) is 3.92. The molecule has 2 heterocycles. The summed E-state index contributed by atoms with van der Waals surface area (Å²) in [6.45, 7) is 2.43. The lowest BCUT2D eigenvalue weighted by atomic mass is 9.94. The molecule has 0 spiro atoms. The van der Waals surface area contributed by atoms with Crippen LogP contribution in [0.5, 0.6) is 0 Å². The first-order valence-corrected chi connectivity index (χ1v) is 6.88. The van der Waals surface area contributed by atoms with Crippen LogP contribution in [0, 0.1) is 5.92 Å². The molecule has 2 atom stereocenters. The summed E-state index contributed by atoms with van der Waals surface area (Å²) in [5.41, 5.74) is 0. The summed E-state index contributed by atoms with van der Waals surface area (Å²) in [7, 11) is 0. The standard InChI is InChI=1S/C13H22N2O3/c16-12(8-11-4-1-5-14-11)15-6-2-3-10(9-15)7-13(17)18/h10-11,14H,1-9H2,(H,17,18). The number of nitrogens with one attached hydrogen (secondary N) is 1. The van der Waals surface area contributed by atoms with Gasteiger partial charge in [-0.3, -0.25) is 9.59 Å². The van der Waals surface area contributed by atoms with Crippen molar-refractivity contribution in [2.24, 2.45) is 5.92 Å². The third-order valence-corrected chi connectivity index (χ3v) is 3.92. The molecular formula is C13H22N2O3. The number of likely N-dealkylation sites (tertiary alicyclic amines) is 1. The zero-order chi connectivity index (χ0) is 13.0. The van der Waals surface area contributed by atoms with Crippen molar-refractivity contribution in [2.45, 2.75) is 44.6 Å². The number of nitrogens with zero attached hydrogens (tertiary/aromatic N) is 1. The van der Waals surface area contributed by atoms with Crippen molar-refractivity contribution in [2.75, 3.05) is 19.6 Å². The van der Waals surface area contributed by atoms with Gasteiger partial charge in [0.25, 0.3) is 0 Å². The molecule has 2 N–H and O–H groups in total. The molecule has 102 valence electrons. The van der Waals surface area contributed by atoms with Gasteiger partial charge in [-0.2, -0.15) is 0 Å². The normalized spacial score (nSPS) is 28.3. The number of piperidine rings is 1. The molecule has 0 aromatic rings. The van der Waals surface area contributed by atoms with Gasteiger partial charge >= 0.3 is 5.97 Å². The number of aliphatic carboxylic acids is 1. The SMILES string of the molecule is O=C(O)CC1CCCN(C(=O)CC2CCCN2)C1. The smallest absolute Gasteiger partial charge is 0.303 e. The predicted molar refractivity (Wildman–Crippen MR) is 67.2 cm³/mol. The van der Waals surface area contributed by atoms with Gasteiger partial charge < -0.3 is 15.3 Å². The van der Waals surface area contributed by atoms with Crippen molar-refractivity contribution in [1.29, 1.82) is 0 Å². The van der Waals surface area contributed by atoms with Gasteiger partial charge in [0.2, 0.25) is 5.91 Å². The van der Waals surface area contributed by atoms with Gasteiger partial charge in [0.05, 0.1) is 0 Å². The summed E-state index contributed by atoms with van der Waals surface area (Å²) in [6, 6.07) is 0.331. The molecular weight excluding hydrogens is 232 g/mol. The Morgan fingerprint density at radius 1 is 1.22 bits per heavy atom. The summed E-state index contributed by atoms with van der Waals surface area (Å²) < 4.78 is 0. The van der Waals surface area contributed by atoms with E-state index in [9.17, 15) is 9.59 Å². The highest BCUT2D eigenvalue weighted by atomic mass is 16.4. The summed E-state index contributed by atoms with van der Waals surface area (Å²) in [5.74, 6) is -0.437. The van der Waals surface area contributed by atoms with E-state index in [2.05, 4.69) is 5.32 Å². The molecule has 1 amide bonds. The molecule has 5 nitrogen and oxygen atoms in total. The van der Waals surface area contributed by atoms with Crippen molar-refractivity contribution in [3.8, 4) is 0 Å². The van der Waals surface area contributed by atoms with Crippen molar-refractivity contribution in [3.63, 3.8) is 0 Å². The number of carbonyl (C=O) groups is 2. The number of hydrogen-bond donors (Lipinski definition) is 2. The van der Waals surface area contributed by atoms with E-state index < -0.39 is 5.97 Å². The zero-order valence-electron chi connectivity index (χ0n) is 10.7. The number of carbonyl (C=O) groups excluding carboxylic acids is 1. The first-order valence-electron chi connectivity index (χ1n) is 6.88. The molecule has 0 saturated carbocycles. The fraction of sp³-hybridized carbons (Fsp3) is 0.846. The third kappa shape index (κ3) is 3.70. The zero-order valence-corrected chi connectivity index (χ0v) is 10.7. The van der Waals surface area contributed by atoms with Crippen LogP contribution >= 0.6 is 0 Å². The molecule has 18 heavy (non-hydrogen) atoms. The fourth-order valence-corrected chi connectivity index (χ4v) is 2.98. The van der Waals surface area contributed by atoms with E-state index >= 15 is 0 Å². The maximum Gasteiger partial charge on any atom is 0.303 e. The topological polar surface area (TPSA) is 69.6 Å². The van der Waals surface area contributed by atoms with Crippen LogP contribution < -0.4 is 5.32 Å². The second kappa shape index (κ2) is 6.18. The first kappa shape index (κ1) is 13.3. The van der Waals surface area contributed by atoms with E-state index in [0.717, 1.165) is 38.8 Å². The molecule has 0 aliphatic carbocycles. The highest BCUT2D eigenvalue weighted by molar-refractivity contribution is 5.77. The van der Waals surface area contributed by atoms with E-state index in [4.69, 9.17) is 5.11 Å². The molecule has 5 heteroatoms. The molecule has 2 rings (SSSR count). The molecule has 2 unspecified atom stereocenters. The molecule has 0 aromatic carbocycles.